The summed E-state index contributed by atoms with van der Waals surface area (Å²) < 4.78 is 5.11. The molecule has 0 bridgehead atoms. The highest BCUT2D eigenvalue weighted by atomic mass is 35.5. The summed E-state index contributed by atoms with van der Waals surface area (Å²) in [6.07, 6.45) is 7.56. The van der Waals surface area contributed by atoms with E-state index >= 15 is 0 Å². The molecule has 0 heterocycles. The number of anilines is 1. The Hall–Kier alpha value is -1.26. The van der Waals surface area contributed by atoms with Crippen LogP contribution in [0.1, 0.15) is 38.5 Å². The summed E-state index contributed by atoms with van der Waals surface area (Å²) in [4.78, 5) is 14.4. The Bertz CT molecular complexity index is 499. The number of methoxy groups -OCH3 is 1. The molecule has 1 saturated carbocycles. The minimum absolute atomic E-state index is 0.00650. The first-order chi connectivity index (χ1) is 10.6. The summed E-state index contributed by atoms with van der Waals surface area (Å²) in [7, 11) is 3.61. The number of carbonyl (C=O) groups excluding carboxylic acids is 1. The molecule has 122 valence electrons. The zero-order valence-electron chi connectivity index (χ0n) is 13.4. The second-order valence-corrected chi connectivity index (χ2v) is 6.37. The highest BCUT2D eigenvalue weighted by Crippen LogP contribution is 2.27. The lowest BCUT2D eigenvalue weighted by Crippen LogP contribution is -2.37. The molecule has 0 aromatic heterocycles. The quantitative estimate of drug-likeness (QED) is 0.834. The number of nitrogens with one attached hydrogen (secondary N) is 1. The molecular weight excluding hydrogens is 300 g/mol. The van der Waals surface area contributed by atoms with Crippen molar-refractivity contribution >= 4 is 23.2 Å². The van der Waals surface area contributed by atoms with Crippen molar-refractivity contribution < 1.29 is 9.53 Å². The molecule has 0 atom stereocenters. The predicted octanol–water partition coefficient (Wildman–Crippen LogP) is 3.94. The van der Waals surface area contributed by atoms with Gasteiger partial charge in [0, 0.05) is 11.7 Å². The van der Waals surface area contributed by atoms with Gasteiger partial charge in [-0.1, -0.05) is 37.3 Å². The minimum Gasteiger partial charge on any atom is -0.495 e. The zero-order chi connectivity index (χ0) is 15.9. The Morgan fingerprint density at radius 1 is 1.32 bits per heavy atom. The Morgan fingerprint density at radius 2 is 2.00 bits per heavy atom. The van der Waals surface area contributed by atoms with Crippen LogP contribution in [0.25, 0.3) is 0 Å². The first-order valence-electron chi connectivity index (χ1n) is 7.94. The lowest BCUT2D eigenvalue weighted by Gasteiger charge is -2.26. The van der Waals surface area contributed by atoms with E-state index in [-0.39, 0.29) is 5.91 Å². The van der Waals surface area contributed by atoms with Crippen LogP contribution in [-0.4, -0.2) is 37.6 Å². The number of likely N-dealkylation sites (N-methyl/N-ethyl adjacent to an activating group) is 1. The normalized spacial score (nSPS) is 16.4. The summed E-state index contributed by atoms with van der Waals surface area (Å²) in [5.74, 6) is 0.600. The summed E-state index contributed by atoms with van der Waals surface area (Å²) in [5, 5.41) is 3.40. The van der Waals surface area contributed by atoms with Gasteiger partial charge in [-0.3, -0.25) is 9.69 Å². The van der Waals surface area contributed by atoms with Crippen LogP contribution in [0.4, 0.5) is 5.69 Å². The van der Waals surface area contributed by atoms with Crippen LogP contribution in [0.5, 0.6) is 5.75 Å². The molecule has 1 aromatic carbocycles. The monoisotopic (exact) mass is 324 g/mol. The van der Waals surface area contributed by atoms with Gasteiger partial charge in [0.1, 0.15) is 5.75 Å². The largest absolute Gasteiger partial charge is 0.495 e. The van der Waals surface area contributed by atoms with E-state index in [2.05, 4.69) is 10.2 Å². The Kier molecular flexibility index (Phi) is 6.52. The van der Waals surface area contributed by atoms with Gasteiger partial charge in [-0.05, 0) is 38.1 Å². The Morgan fingerprint density at radius 3 is 2.59 bits per heavy atom. The minimum atomic E-state index is -0.00650. The van der Waals surface area contributed by atoms with Crippen molar-refractivity contribution in [3.05, 3.63) is 23.2 Å². The van der Waals surface area contributed by atoms with Gasteiger partial charge in [0.15, 0.2) is 0 Å². The smallest absolute Gasteiger partial charge is 0.238 e. The average molecular weight is 325 g/mol. The van der Waals surface area contributed by atoms with Crippen molar-refractivity contribution in [2.45, 2.75) is 44.6 Å². The van der Waals surface area contributed by atoms with Gasteiger partial charge in [0.05, 0.1) is 18.7 Å². The van der Waals surface area contributed by atoms with E-state index in [4.69, 9.17) is 16.3 Å². The number of rotatable bonds is 5. The van der Waals surface area contributed by atoms with E-state index in [1.807, 2.05) is 7.05 Å². The molecule has 1 aliphatic rings. The van der Waals surface area contributed by atoms with Crippen LogP contribution < -0.4 is 10.1 Å². The molecule has 4 nitrogen and oxygen atoms in total. The lowest BCUT2D eigenvalue weighted by molar-refractivity contribution is -0.117. The van der Waals surface area contributed by atoms with Gasteiger partial charge in [0.25, 0.3) is 0 Å². The molecule has 1 N–H and O–H groups in total. The summed E-state index contributed by atoms with van der Waals surface area (Å²) in [6, 6.07) is 5.79. The van der Waals surface area contributed by atoms with Crippen molar-refractivity contribution in [2.24, 2.45) is 0 Å². The molecule has 1 amide bonds. The fourth-order valence-corrected chi connectivity index (χ4v) is 3.26. The maximum atomic E-state index is 12.2. The van der Waals surface area contributed by atoms with Crippen molar-refractivity contribution in [3.8, 4) is 5.75 Å². The second-order valence-electron chi connectivity index (χ2n) is 5.96. The molecule has 5 heteroatoms. The molecule has 1 fully saturated rings. The first-order valence-corrected chi connectivity index (χ1v) is 8.31. The molecule has 0 unspecified atom stereocenters. The third kappa shape index (κ3) is 4.89. The van der Waals surface area contributed by atoms with Crippen LogP contribution in [0.2, 0.25) is 5.02 Å². The highest BCUT2D eigenvalue weighted by molar-refractivity contribution is 6.32. The van der Waals surface area contributed by atoms with Crippen LogP contribution >= 0.6 is 11.6 Å². The standard InChI is InChI=1S/C17H25ClN2O2/c1-20(14-7-5-3-4-6-8-14)12-17(21)19-13-9-10-16(22-2)15(18)11-13/h9-11,14H,3-8,12H2,1-2H3,(H,19,21). The third-order valence-electron chi connectivity index (χ3n) is 4.28. The van der Waals surface area contributed by atoms with Crippen LogP contribution in [0.3, 0.4) is 0 Å². The number of benzene rings is 1. The number of halogens is 1. The van der Waals surface area contributed by atoms with Gasteiger partial charge in [-0.2, -0.15) is 0 Å². The summed E-state index contributed by atoms with van der Waals surface area (Å²) >= 11 is 6.07. The zero-order valence-corrected chi connectivity index (χ0v) is 14.2. The topological polar surface area (TPSA) is 41.6 Å². The molecule has 2 rings (SSSR count). The van der Waals surface area contributed by atoms with E-state index in [1.165, 1.54) is 38.5 Å². The first kappa shape index (κ1) is 17.1. The number of hydrogen-bond donors (Lipinski definition) is 1. The van der Waals surface area contributed by atoms with Gasteiger partial charge in [0.2, 0.25) is 5.91 Å². The summed E-state index contributed by atoms with van der Waals surface area (Å²) in [5.41, 5.74) is 0.699. The fraction of sp³-hybridized carbons (Fsp3) is 0.588. The van der Waals surface area contributed by atoms with Crippen molar-refractivity contribution in [1.29, 1.82) is 0 Å². The number of amides is 1. The average Bonchev–Trinajstić information content (AvgIpc) is 2.76. The van der Waals surface area contributed by atoms with Gasteiger partial charge < -0.3 is 10.1 Å². The number of nitrogens with zero attached hydrogens (tertiary/aromatic N) is 1. The van der Waals surface area contributed by atoms with E-state index in [0.717, 1.165) is 0 Å². The molecule has 1 aliphatic carbocycles. The molecule has 0 radical (unpaired) electrons. The molecule has 0 aliphatic heterocycles. The van der Waals surface area contributed by atoms with Crippen LogP contribution in [0.15, 0.2) is 18.2 Å². The van der Waals surface area contributed by atoms with Crippen molar-refractivity contribution in [2.75, 3.05) is 26.0 Å². The number of carbonyl (C=O) groups is 1. The SMILES string of the molecule is COc1ccc(NC(=O)CN(C)C2CCCCCC2)cc1Cl. The van der Waals surface area contributed by atoms with Gasteiger partial charge in [-0.15, -0.1) is 0 Å². The van der Waals surface area contributed by atoms with Crippen LogP contribution in [-0.2, 0) is 4.79 Å². The fourth-order valence-electron chi connectivity index (χ4n) is 3.00. The lowest BCUT2D eigenvalue weighted by atomic mass is 10.1. The van der Waals surface area contributed by atoms with E-state index in [0.29, 0.717) is 29.0 Å². The maximum absolute atomic E-state index is 12.2. The van der Waals surface area contributed by atoms with E-state index in [9.17, 15) is 4.79 Å². The molecule has 22 heavy (non-hydrogen) atoms. The second kappa shape index (κ2) is 8.39. The third-order valence-corrected chi connectivity index (χ3v) is 4.57. The molecule has 0 spiro atoms. The van der Waals surface area contributed by atoms with E-state index < -0.39 is 0 Å². The molecule has 1 aromatic rings. The number of hydrogen-bond acceptors (Lipinski definition) is 3. The Balaban J connectivity index is 1.87. The number of ether oxygens (including phenoxy) is 1. The van der Waals surface area contributed by atoms with Crippen LogP contribution in [0, 0.1) is 0 Å². The highest BCUT2D eigenvalue weighted by Gasteiger charge is 2.19. The van der Waals surface area contributed by atoms with Crippen molar-refractivity contribution in [1.82, 2.24) is 4.90 Å². The van der Waals surface area contributed by atoms with Crippen molar-refractivity contribution in [3.63, 3.8) is 0 Å². The van der Waals surface area contributed by atoms with Gasteiger partial charge >= 0.3 is 0 Å². The predicted molar refractivity (Wildman–Crippen MR) is 90.8 cm³/mol. The van der Waals surface area contributed by atoms with Gasteiger partial charge in [-0.25, -0.2) is 0 Å². The Labute approximate surface area is 137 Å². The molecular formula is C17H25ClN2O2. The van der Waals surface area contributed by atoms with E-state index in [1.54, 1.807) is 25.3 Å². The summed E-state index contributed by atoms with van der Waals surface area (Å²) in [6.45, 7) is 0.411. The maximum Gasteiger partial charge on any atom is 0.238 e. The molecule has 0 saturated heterocycles.